The van der Waals surface area contributed by atoms with Crippen LogP contribution >= 0.6 is 11.8 Å². The van der Waals surface area contributed by atoms with Crippen molar-refractivity contribution in [2.24, 2.45) is 0 Å². The average Bonchev–Trinajstić information content (AvgIpc) is 2.39. The van der Waals surface area contributed by atoms with Crippen LogP contribution in [-0.4, -0.2) is 18.5 Å². The predicted molar refractivity (Wildman–Crippen MR) is 51.9 cm³/mol. The molecule has 0 aliphatic heterocycles. The Hall–Kier alpha value is 1.31. The van der Waals surface area contributed by atoms with E-state index >= 15 is 0 Å². The average molecular weight is 328 g/mol. The van der Waals surface area contributed by atoms with Crippen LogP contribution in [-0.2, 0) is 19.2 Å². The standard InChI is InChI=1S/C5H5.C2H6ClN.C2H5.3ClH.Ti/c1-2-4-5-3-1;1-4(2)3;1-2;;;;/h1-3H,4H2;1-2H3;1H2,2H3;3*1H;/q;;;;;;+3/p-3. The van der Waals surface area contributed by atoms with Gasteiger partial charge in [-0.25, -0.2) is 4.42 Å². The van der Waals surface area contributed by atoms with Gasteiger partial charge in [-0.05, 0) is 11.8 Å². The molecule has 0 radical (unpaired) electrons. The Morgan fingerprint density at radius 1 is 1.33 bits per heavy atom. The van der Waals surface area contributed by atoms with E-state index in [4.69, 9.17) is 11.8 Å². The molecule has 1 nitrogen and oxygen atoms in total. The second-order valence-electron chi connectivity index (χ2n) is 2.64. The number of rotatable bonds is 2. The van der Waals surface area contributed by atoms with Gasteiger partial charge in [0.1, 0.15) is 0 Å². The van der Waals surface area contributed by atoms with Crippen molar-refractivity contribution in [2.45, 2.75) is 18.1 Å². The van der Waals surface area contributed by atoms with E-state index in [0.717, 1.165) is 0 Å². The molecule has 1 aliphatic carbocycles. The van der Waals surface area contributed by atoms with Crippen molar-refractivity contribution in [3.8, 4) is 0 Å². The van der Waals surface area contributed by atoms with E-state index in [1.54, 1.807) is 18.0 Å². The van der Waals surface area contributed by atoms with Crippen molar-refractivity contribution in [1.82, 2.24) is 4.42 Å². The first-order valence-electron chi connectivity index (χ1n) is 4.09. The minimum absolute atomic E-state index is 0. The SMILES string of the molecule is CN(C)Cl.C[CH2][Ti+3][C]1=CC=CC1.[Cl-].[Cl-].[Cl-]. The number of allylic oxidation sites excluding steroid dienone is 4. The van der Waals surface area contributed by atoms with Crippen LogP contribution in [0.5, 0.6) is 0 Å². The molecule has 0 saturated heterocycles. The zero-order valence-electron chi connectivity index (χ0n) is 9.11. The monoisotopic (exact) mass is 326 g/mol. The third-order valence-electron chi connectivity index (χ3n) is 1.18. The van der Waals surface area contributed by atoms with Crippen LogP contribution in [0, 0.1) is 0 Å². The first-order valence-corrected chi connectivity index (χ1v) is 6.31. The quantitative estimate of drug-likeness (QED) is 0.361. The molecule has 0 bridgehead atoms. The number of hydrogen-bond donors (Lipinski definition) is 0. The summed E-state index contributed by atoms with van der Waals surface area (Å²) in [6.07, 6.45) is 7.96. The Morgan fingerprint density at radius 3 is 2.07 bits per heavy atom. The molecular formula is C9H16Cl4NTi. The second-order valence-corrected chi connectivity index (χ2v) is 5.98. The van der Waals surface area contributed by atoms with Gasteiger partial charge in [-0.15, -0.1) is 0 Å². The Bertz CT molecular complexity index is 169. The normalized spacial score (nSPS) is 10.9. The summed E-state index contributed by atoms with van der Waals surface area (Å²) < 4.78 is 4.60. The van der Waals surface area contributed by atoms with Crippen molar-refractivity contribution in [1.29, 1.82) is 0 Å². The van der Waals surface area contributed by atoms with Gasteiger partial charge < -0.3 is 37.2 Å². The van der Waals surface area contributed by atoms with Crippen LogP contribution in [0.1, 0.15) is 13.3 Å². The van der Waals surface area contributed by atoms with Crippen LogP contribution in [0.25, 0.3) is 0 Å². The molecule has 0 spiro atoms. The first-order chi connectivity index (χ1) is 5.66. The molecule has 0 atom stereocenters. The summed E-state index contributed by atoms with van der Waals surface area (Å²) in [6, 6.07) is 0. The summed E-state index contributed by atoms with van der Waals surface area (Å²) in [5.74, 6) is 0. The fourth-order valence-corrected chi connectivity index (χ4v) is 2.26. The Kier molecular flexibility index (Phi) is 29.8. The zero-order valence-corrected chi connectivity index (χ0v) is 13.7. The maximum Gasteiger partial charge on any atom is -1.00 e. The summed E-state index contributed by atoms with van der Waals surface area (Å²) in [5, 5.41) is 0. The van der Waals surface area contributed by atoms with Gasteiger partial charge in [-0.1, -0.05) is 0 Å². The van der Waals surface area contributed by atoms with Crippen molar-refractivity contribution >= 4 is 11.8 Å². The third-order valence-corrected chi connectivity index (χ3v) is 3.02. The van der Waals surface area contributed by atoms with Crippen LogP contribution in [0.3, 0.4) is 0 Å². The fourth-order valence-electron chi connectivity index (χ4n) is 0.805. The molecule has 0 aromatic heterocycles. The van der Waals surface area contributed by atoms with Crippen LogP contribution in [0.4, 0.5) is 0 Å². The van der Waals surface area contributed by atoms with Crippen LogP contribution < -0.4 is 37.2 Å². The summed E-state index contributed by atoms with van der Waals surface area (Å²) in [6.45, 7) is 2.28. The minimum atomic E-state index is 0. The molecule has 15 heavy (non-hydrogen) atoms. The molecule has 0 unspecified atom stereocenters. The molecule has 1 rings (SSSR count). The van der Waals surface area contributed by atoms with Gasteiger partial charge in [0.15, 0.2) is 0 Å². The molecule has 1 aliphatic rings. The molecule has 0 saturated carbocycles. The summed E-state index contributed by atoms with van der Waals surface area (Å²) in [5.41, 5.74) is 0. The first kappa shape index (κ1) is 25.2. The molecular weight excluding hydrogens is 312 g/mol. The van der Waals surface area contributed by atoms with E-state index in [9.17, 15) is 0 Å². The third kappa shape index (κ3) is 21.2. The van der Waals surface area contributed by atoms with Crippen molar-refractivity contribution < 1.29 is 56.4 Å². The predicted octanol–water partition coefficient (Wildman–Crippen LogP) is -5.94. The Morgan fingerprint density at radius 2 is 1.80 bits per heavy atom. The Balaban J connectivity index is -0.0000000779. The van der Waals surface area contributed by atoms with Crippen LogP contribution in [0.2, 0.25) is 4.73 Å². The second kappa shape index (κ2) is 17.7. The minimum Gasteiger partial charge on any atom is -1.00 e. The van der Waals surface area contributed by atoms with Crippen LogP contribution in [0.15, 0.2) is 22.1 Å². The summed E-state index contributed by atoms with van der Waals surface area (Å²) >= 11 is 5.41. The summed E-state index contributed by atoms with van der Waals surface area (Å²) in [7, 11) is 3.53. The largest absolute Gasteiger partial charge is 1.00 e. The van der Waals surface area contributed by atoms with E-state index < -0.39 is 0 Å². The number of hydrogen-bond acceptors (Lipinski definition) is 1. The molecule has 89 valence electrons. The van der Waals surface area contributed by atoms with Crippen molar-refractivity contribution in [3.63, 3.8) is 0 Å². The summed E-state index contributed by atoms with van der Waals surface area (Å²) in [4.78, 5) is 0. The molecule has 0 fully saturated rings. The zero-order chi connectivity index (χ0) is 9.40. The van der Waals surface area contributed by atoms with Crippen molar-refractivity contribution in [3.05, 3.63) is 22.1 Å². The molecule has 0 aromatic rings. The van der Waals surface area contributed by atoms with E-state index in [1.165, 1.54) is 15.6 Å². The molecule has 0 heterocycles. The van der Waals surface area contributed by atoms with Gasteiger partial charge in [0, 0.05) is 14.1 Å². The van der Waals surface area contributed by atoms with Gasteiger partial charge in [0.2, 0.25) is 0 Å². The van der Waals surface area contributed by atoms with Gasteiger partial charge >= 0.3 is 59.3 Å². The molecule has 6 heteroatoms. The fraction of sp³-hybridized carbons (Fsp3) is 0.556. The molecule has 0 amide bonds. The van der Waals surface area contributed by atoms with E-state index in [-0.39, 0.29) is 37.2 Å². The van der Waals surface area contributed by atoms with Gasteiger partial charge in [-0.3, -0.25) is 0 Å². The topological polar surface area (TPSA) is 3.24 Å². The van der Waals surface area contributed by atoms with Gasteiger partial charge in [0.25, 0.3) is 0 Å². The smallest absolute Gasteiger partial charge is 1.00 e. The van der Waals surface area contributed by atoms with E-state index in [2.05, 4.69) is 25.2 Å². The van der Waals surface area contributed by atoms with E-state index in [1.807, 2.05) is 0 Å². The Labute approximate surface area is 126 Å². The number of nitrogens with zero attached hydrogens (tertiary/aromatic N) is 1. The van der Waals surface area contributed by atoms with E-state index in [0.29, 0.717) is 19.2 Å². The molecule has 0 N–H and O–H groups in total. The number of halogens is 4. The molecule has 0 aromatic carbocycles. The maximum absolute atomic E-state index is 5.11. The van der Waals surface area contributed by atoms with Gasteiger partial charge in [0.05, 0.1) is 0 Å². The van der Waals surface area contributed by atoms with Crippen molar-refractivity contribution in [2.75, 3.05) is 14.1 Å². The van der Waals surface area contributed by atoms with Gasteiger partial charge in [-0.2, -0.15) is 0 Å². The maximum atomic E-state index is 5.11.